The average molecular weight is 200 g/mol. The zero-order valence-electron chi connectivity index (χ0n) is 7.09. The lowest BCUT2D eigenvalue weighted by Crippen LogP contribution is -2.27. The number of halogens is 2. The van der Waals surface area contributed by atoms with Crippen LogP contribution in [-0.2, 0) is 0 Å². The van der Waals surface area contributed by atoms with Gasteiger partial charge in [0.15, 0.2) is 0 Å². The molecule has 0 aromatic heterocycles. The molecular formula is C10H11ClFN. The second kappa shape index (κ2) is 4.28. The summed E-state index contributed by atoms with van der Waals surface area (Å²) >= 11 is 0. The van der Waals surface area contributed by atoms with Gasteiger partial charge in [0.05, 0.1) is 0 Å². The third kappa shape index (κ3) is 2.22. The van der Waals surface area contributed by atoms with Crippen molar-refractivity contribution < 1.29 is 4.39 Å². The van der Waals surface area contributed by atoms with Crippen LogP contribution in [0.4, 0.5) is 4.39 Å². The molecule has 0 aliphatic carbocycles. The van der Waals surface area contributed by atoms with Gasteiger partial charge in [-0.25, -0.2) is 4.39 Å². The molecule has 1 aliphatic heterocycles. The van der Waals surface area contributed by atoms with E-state index in [1.807, 2.05) is 12.1 Å². The Bertz CT molecular complexity index is 316. The first-order valence-corrected chi connectivity index (χ1v) is 4.05. The van der Waals surface area contributed by atoms with Crippen molar-refractivity contribution in [3.05, 3.63) is 41.3 Å². The lowest BCUT2D eigenvalue weighted by Gasteiger charge is -2.19. The van der Waals surface area contributed by atoms with Gasteiger partial charge in [0.1, 0.15) is 5.82 Å². The Kier molecular flexibility index (Phi) is 3.32. The normalized spacial score (nSPS) is 17.2. The fraction of sp³-hybridized carbons (Fsp3) is 0.200. The van der Waals surface area contributed by atoms with Crippen molar-refractivity contribution in [2.24, 2.45) is 0 Å². The third-order valence-electron chi connectivity index (χ3n) is 1.98. The Balaban J connectivity index is 0.000000845. The van der Waals surface area contributed by atoms with Gasteiger partial charge in [0, 0.05) is 24.2 Å². The molecular weight excluding hydrogens is 189 g/mol. The van der Waals surface area contributed by atoms with E-state index in [4.69, 9.17) is 0 Å². The van der Waals surface area contributed by atoms with Crippen molar-refractivity contribution >= 4 is 18.5 Å². The van der Waals surface area contributed by atoms with Crippen molar-refractivity contribution in [1.29, 1.82) is 0 Å². The van der Waals surface area contributed by atoms with E-state index in [-0.39, 0.29) is 18.2 Å². The van der Waals surface area contributed by atoms with Crippen LogP contribution in [0.3, 0.4) is 0 Å². The van der Waals surface area contributed by atoms with Gasteiger partial charge < -0.3 is 5.32 Å². The second-order valence-corrected chi connectivity index (χ2v) is 2.87. The molecule has 0 spiro atoms. The Morgan fingerprint density at radius 2 is 2.00 bits per heavy atom. The predicted octanol–water partition coefficient (Wildman–Crippen LogP) is 2.58. The minimum absolute atomic E-state index is 0. The summed E-state index contributed by atoms with van der Waals surface area (Å²) in [5.74, 6) is -0.154. The molecule has 1 heterocycles. The molecule has 1 aliphatic rings. The lowest BCUT2D eigenvalue weighted by molar-refractivity contribution is 0.619. The van der Waals surface area contributed by atoms with Crippen molar-refractivity contribution in [3.8, 4) is 0 Å². The zero-order chi connectivity index (χ0) is 8.39. The van der Waals surface area contributed by atoms with Gasteiger partial charge >= 0.3 is 0 Å². The predicted molar refractivity (Wildman–Crippen MR) is 54.2 cm³/mol. The van der Waals surface area contributed by atoms with Gasteiger partial charge in [-0.05, 0) is 12.1 Å². The largest absolute Gasteiger partial charge is 0.388 e. The summed E-state index contributed by atoms with van der Waals surface area (Å²) in [6, 6.07) is 6.80. The summed E-state index contributed by atoms with van der Waals surface area (Å²) in [4.78, 5) is 0. The maximum absolute atomic E-state index is 13.0. The van der Waals surface area contributed by atoms with E-state index in [1.54, 1.807) is 12.1 Å². The first kappa shape index (κ1) is 10.1. The van der Waals surface area contributed by atoms with Crippen molar-refractivity contribution in [2.45, 2.75) is 6.42 Å². The van der Waals surface area contributed by atoms with E-state index in [1.165, 1.54) is 6.07 Å². The first-order chi connectivity index (χ1) is 5.86. The maximum Gasteiger partial charge on any atom is 0.130 e. The second-order valence-electron chi connectivity index (χ2n) is 2.87. The SMILES string of the molecule is Cl.Fc1ccccc1C=C1CCN1. The fourth-order valence-electron chi connectivity index (χ4n) is 1.17. The topological polar surface area (TPSA) is 12.0 Å². The molecule has 0 radical (unpaired) electrons. The van der Waals surface area contributed by atoms with Crippen molar-refractivity contribution in [3.63, 3.8) is 0 Å². The zero-order valence-corrected chi connectivity index (χ0v) is 7.90. The summed E-state index contributed by atoms with van der Waals surface area (Å²) < 4.78 is 13.0. The average Bonchev–Trinajstić information content (AvgIpc) is 2.00. The van der Waals surface area contributed by atoms with E-state index in [9.17, 15) is 4.39 Å². The highest BCUT2D eigenvalue weighted by molar-refractivity contribution is 5.85. The number of rotatable bonds is 1. The minimum Gasteiger partial charge on any atom is -0.388 e. The fourth-order valence-corrected chi connectivity index (χ4v) is 1.17. The van der Waals surface area contributed by atoms with E-state index in [2.05, 4.69) is 5.32 Å². The molecule has 1 aromatic rings. The van der Waals surface area contributed by atoms with Crippen LogP contribution < -0.4 is 5.32 Å². The van der Waals surface area contributed by atoms with Gasteiger partial charge in [0.25, 0.3) is 0 Å². The van der Waals surface area contributed by atoms with Gasteiger partial charge in [-0.2, -0.15) is 0 Å². The van der Waals surface area contributed by atoms with Gasteiger partial charge in [-0.1, -0.05) is 18.2 Å². The molecule has 1 nitrogen and oxygen atoms in total. The Morgan fingerprint density at radius 1 is 1.31 bits per heavy atom. The summed E-state index contributed by atoms with van der Waals surface area (Å²) in [7, 11) is 0. The molecule has 3 heteroatoms. The van der Waals surface area contributed by atoms with Gasteiger partial charge in [0.2, 0.25) is 0 Å². The molecule has 1 saturated heterocycles. The van der Waals surface area contributed by atoms with E-state index >= 15 is 0 Å². The molecule has 2 rings (SSSR count). The van der Waals surface area contributed by atoms with Crippen LogP contribution in [0, 0.1) is 5.82 Å². The summed E-state index contributed by atoms with van der Waals surface area (Å²) in [6.45, 7) is 1.01. The van der Waals surface area contributed by atoms with Crippen LogP contribution >= 0.6 is 12.4 Å². The quantitative estimate of drug-likeness (QED) is 0.733. The Labute approximate surface area is 83.1 Å². The van der Waals surface area contributed by atoms with Gasteiger partial charge in [-0.3, -0.25) is 0 Å². The summed E-state index contributed by atoms with van der Waals surface area (Å²) in [6.07, 6.45) is 2.90. The van der Waals surface area contributed by atoms with E-state index < -0.39 is 0 Å². The van der Waals surface area contributed by atoms with Crippen LogP contribution in [0.5, 0.6) is 0 Å². The summed E-state index contributed by atoms with van der Waals surface area (Å²) in [5, 5.41) is 3.12. The molecule has 0 unspecified atom stereocenters. The molecule has 13 heavy (non-hydrogen) atoms. The number of benzene rings is 1. The highest BCUT2D eigenvalue weighted by Gasteiger charge is 2.07. The van der Waals surface area contributed by atoms with Crippen LogP contribution in [0.25, 0.3) is 6.08 Å². The molecule has 1 aromatic carbocycles. The highest BCUT2D eigenvalue weighted by Crippen LogP contribution is 2.15. The molecule has 1 fully saturated rings. The molecule has 0 saturated carbocycles. The monoisotopic (exact) mass is 199 g/mol. The molecule has 0 atom stereocenters. The van der Waals surface area contributed by atoms with Crippen molar-refractivity contribution in [1.82, 2.24) is 5.32 Å². The number of hydrogen-bond acceptors (Lipinski definition) is 1. The van der Waals surface area contributed by atoms with Crippen LogP contribution in [0.15, 0.2) is 30.0 Å². The van der Waals surface area contributed by atoms with E-state index in [0.717, 1.165) is 18.7 Å². The van der Waals surface area contributed by atoms with Crippen LogP contribution in [-0.4, -0.2) is 6.54 Å². The van der Waals surface area contributed by atoms with Crippen LogP contribution in [0.1, 0.15) is 12.0 Å². The molecule has 70 valence electrons. The lowest BCUT2D eigenvalue weighted by atomic mass is 10.1. The number of nitrogens with one attached hydrogen (secondary N) is 1. The Morgan fingerprint density at radius 3 is 2.54 bits per heavy atom. The minimum atomic E-state index is -0.154. The number of hydrogen-bond donors (Lipinski definition) is 1. The Hall–Kier alpha value is -1.02. The highest BCUT2D eigenvalue weighted by atomic mass is 35.5. The van der Waals surface area contributed by atoms with E-state index in [0.29, 0.717) is 5.56 Å². The third-order valence-corrected chi connectivity index (χ3v) is 1.98. The first-order valence-electron chi connectivity index (χ1n) is 4.05. The molecule has 0 bridgehead atoms. The maximum atomic E-state index is 13.0. The molecule has 1 N–H and O–H groups in total. The van der Waals surface area contributed by atoms with Crippen LogP contribution in [0.2, 0.25) is 0 Å². The summed E-state index contributed by atoms with van der Waals surface area (Å²) in [5.41, 5.74) is 1.79. The standard InChI is InChI=1S/C10H10FN.ClH/c11-10-4-2-1-3-8(10)7-9-5-6-12-9;/h1-4,7,12H,5-6H2;1H. The molecule has 0 amide bonds. The smallest absolute Gasteiger partial charge is 0.130 e. The van der Waals surface area contributed by atoms with Crippen molar-refractivity contribution in [2.75, 3.05) is 6.54 Å². The van der Waals surface area contributed by atoms with Gasteiger partial charge in [-0.15, -0.1) is 12.4 Å².